The van der Waals surface area contributed by atoms with E-state index in [1.54, 1.807) is 4.90 Å². The monoisotopic (exact) mass is 245 g/mol. The molecule has 4 nitrogen and oxygen atoms in total. The molecule has 2 atom stereocenters. The van der Waals surface area contributed by atoms with E-state index >= 15 is 0 Å². The van der Waals surface area contributed by atoms with Gasteiger partial charge in [0.2, 0.25) is 5.91 Å². The number of anilines is 1. The highest BCUT2D eigenvalue weighted by Gasteiger charge is 2.50. The molecule has 0 unspecified atom stereocenters. The minimum Gasteiger partial charge on any atom is -0.481 e. The van der Waals surface area contributed by atoms with Crippen LogP contribution in [-0.4, -0.2) is 23.5 Å². The molecule has 3 rings (SSSR count). The summed E-state index contributed by atoms with van der Waals surface area (Å²) in [5.74, 6) is -1.65. The van der Waals surface area contributed by atoms with Crippen molar-refractivity contribution in [1.29, 1.82) is 0 Å². The number of aryl methyl sites for hydroxylation is 1. The minimum absolute atomic E-state index is 0.0215. The van der Waals surface area contributed by atoms with Crippen molar-refractivity contribution in [1.82, 2.24) is 0 Å². The molecule has 1 aliphatic carbocycles. The number of hydrogen-bond donors (Lipinski definition) is 1. The van der Waals surface area contributed by atoms with Crippen LogP contribution in [0.25, 0.3) is 0 Å². The second-order valence-corrected chi connectivity index (χ2v) is 5.10. The number of fused-ring (bicyclic) bond motifs is 1. The first kappa shape index (κ1) is 11.3. The predicted octanol–water partition coefficient (Wildman–Crippen LogP) is 1.60. The third kappa shape index (κ3) is 1.60. The number of aliphatic carboxylic acids is 1. The molecule has 1 amide bonds. The Balaban J connectivity index is 1.83. The van der Waals surface area contributed by atoms with Gasteiger partial charge in [-0.15, -0.1) is 0 Å². The average molecular weight is 245 g/mol. The summed E-state index contributed by atoms with van der Waals surface area (Å²) >= 11 is 0. The molecular formula is C14H15NO3. The fourth-order valence-corrected chi connectivity index (χ4v) is 2.78. The fourth-order valence-electron chi connectivity index (χ4n) is 2.78. The molecule has 2 aliphatic rings. The van der Waals surface area contributed by atoms with Gasteiger partial charge in [-0.25, -0.2) is 0 Å². The van der Waals surface area contributed by atoms with E-state index in [4.69, 9.17) is 5.11 Å². The highest BCUT2D eigenvalue weighted by molar-refractivity contribution is 6.01. The zero-order valence-electron chi connectivity index (χ0n) is 10.2. The number of carbonyl (C=O) groups is 2. The van der Waals surface area contributed by atoms with Crippen LogP contribution in [0.15, 0.2) is 18.2 Å². The van der Waals surface area contributed by atoms with Gasteiger partial charge in [-0.3, -0.25) is 9.59 Å². The van der Waals surface area contributed by atoms with Gasteiger partial charge >= 0.3 is 5.97 Å². The van der Waals surface area contributed by atoms with E-state index in [-0.39, 0.29) is 11.8 Å². The van der Waals surface area contributed by atoms with E-state index < -0.39 is 11.9 Å². The third-order valence-electron chi connectivity index (χ3n) is 3.95. The Bertz CT molecular complexity index is 538. The summed E-state index contributed by atoms with van der Waals surface area (Å²) < 4.78 is 0. The molecule has 1 N–H and O–H groups in total. The number of carboxylic acid groups (broad SMARTS) is 1. The highest BCUT2D eigenvalue weighted by Crippen LogP contribution is 2.42. The van der Waals surface area contributed by atoms with Crippen molar-refractivity contribution in [2.75, 3.05) is 11.4 Å². The first-order valence-corrected chi connectivity index (χ1v) is 6.22. The molecule has 1 heterocycles. The van der Waals surface area contributed by atoms with Crippen LogP contribution in [0.1, 0.15) is 17.5 Å². The Hall–Kier alpha value is -1.84. The van der Waals surface area contributed by atoms with Crippen molar-refractivity contribution in [3.8, 4) is 0 Å². The van der Waals surface area contributed by atoms with Gasteiger partial charge in [-0.1, -0.05) is 12.1 Å². The fraction of sp³-hybridized carbons (Fsp3) is 0.429. The Morgan fingerprint density at radius 1 is 1.33 bits per heavy atom. The van der Waals surface area contributed by atoms with Gasteiger partial charge in [0.1, 0.15) is 0 Å². The molecular weight excluding hydrogens is 230 g/mol. The topological polar surface area (TPSA) is 57.6 Å². The normalized spacial score (nSPS) is 24.8. The average Bonchev–Trinajstić information content (AvgIpc) is 3.02. The first-order valence-electron chi connectivity index (χ1n) is 6.22. The number of hydrogen-bond acceptors (Lipinski definition) is 2. The summed E-state index contributed by atoms with van der Waals surface area (Å²) in [7, 11) is 0. The molecule has 0 aromatic heterocycles. The van der Waals surface area contributed by atoms with Gasteiger partial charge in [0.25, 0.3) is 0 Å². The van der Waals surface area contributed by atoms with Gasteiger partial charge < -0.3 is 10.0 Å². The van der Waals surface area contributed by atoms with Crippen LogP contribution in [0.4, 0.5) is 5.69 Å². The zero-order chi connectivity index (χ0) is 12.9. The lowest BCUT2D eigenvalue weighted by Gasteiger charge is -2.17. The van der Waals surface area contributed by atoms with E-state index in [1.165, 1.54) is 11.1 Å². The van der Waals surface area contributed by atoms with Gasteiger partial charge in [-0.2, -0.15) is 0 Å². The number of nitrogens with zero attached hydrogens (tertiary/aromatic N) is 1. The number of benzene rings is 1. The second kappa shape index (κ2) is 3.83. The SMILES string of the molecule is Cc1cccc2c1CCN2C(=O)[C@H]1C[C@H]1C(=O)O. The summed E-state index contributed by atoms with van der Waals surface area (Å²) in [6.45, 7) is 2.73. The Kier molecular flexibility index (Phi) is 2.40. The van der Waals surface area contributed by atoms with Crippen LogP contribution in [0, 0.1) is 18.8 Å². The van der Waals surface area contributed by atoms with Crippen LogP contribution in [-0.2, 0) is 16.0 Å². The molecule has 1 fully saturated rings. The van der Waals surface area contributed by atoms with Crippen LogP contribution < -0.4 is 4.90 Å². The highest BCUT2D eigenvalue weighted by atomic mass is 16.4. The molecule has 4 heteroatoms. The largest absolute Gasteiger partial charge is 0.481 e. The number of amides is 1. The summed E-state index contributed by atoms with van der Waals surface area (Å²) in [6.07, 6.45) is 1.37. The summed E-state index contributed by atoms with van der Waals surface area (Å²) in [5.41, 5.74) is 3.39. The molecule has 18 heavy (non-hydrogen) atoms. The van der Waals surface area contributed by atoms with Crippen molar-refractivity contribution >= 4 is 17.6 Å². The number of carbonyl (C=O) groups excluding carboxylic acids is 1. The molecule has 0 saturated heterocycles. The molecule has 1 aromatic carbocycles. The van der Waals surface area contributed by atoms with E-state index in [9.17, 15) is 9.59 Å². The maximum absolute atomic E-state index is 12.3. The van der Waals surface area contributed by atoms with Crippen LogP contribution >= 0.6 is 0 Å². The van der Waals surface area contributed by atoms with Crippen molar-refractivity contribution in [2.24, 2.45) is 11.8 Å². The van der Waals surface area contributed by atoms with Crippen molar-refractivity contribution < 1.29 is 14.7 Å². The summed E-state index contributed by atoms with van der Waals surface area (Å²) in [6, 6.07) is 5.94. The Labute approximate surface area is 105 Å². The van der Waals surface area contributed by atoms with Gasteiger partial charge in [0, 0.05) is 12.2 Å². The summed E-state index contributed by atoms with van der Waals surface area (Å²) in [4.78, 5) is 24.8. The lowest BCUT2D eigenvalue weighted by atomic mass is 10.1. The van der Waals surface area contributed by atoms with Crippen molar-refractivity contribution in [3.63, 3.8) is 0 Å². The maximum atomic E-state index is 12.3. The Morgan fingerprint density at radius 3 is 2.78 bits per heavy atom. The summed E-state index contributed by atoms with van der Waals surface area (Å²) in [5, 5.41) is 8.88. The third-order valence-corrected chi connectivity index (χ3v) is 3.95. The number of rotatable bonds is 2. The van der Waals surface area contributed by atoms with E-state index in [2.05, 4.69) is 0 Å². The van der Waals surface area contributed by atoms with E-state index in [0.29, 0.717) is 13.0 Å². The molecule has 94 valence electrons. The molecule has 0 radical (unpaired) electrons. The van der Waals surface area contributed by atoms with Gasteiger partial charge in [0.15, 0.2) is 0 Å². The van der Waals surface area contributed by atoms with Crippen molar-refractivity contribution in [2.45, 2.75) is 19.8 Å². The molecule has 0 bridgehead atoms. The molecule has 1 aliphatic heterocycles. The lowest BCUT2D eigenvalue weighted by Crippen LogP contribution is -2.31. The van der Waals surface area contributed by atoms with Crippen LogP contribution in [0.2, 0.25) is 0 Å². The predicted molar refractivity (Wildman–Crippen MR) is 66.5 cm³/mol. The Morgan fingerprint density at radius 2 is 2.11 bits per heavy atom. The van der Waals surface area contributed by atoms with E-state index in [1.807, 2.05) is 25.1 Å². The molecule has 0 spiro atoms. The molecule has 1 saturated carbocycles. The zero-order valence-corrected chi connectivity index (χ0v) is 10.2. The van der Waals surface area contributed by atoms with Crippen molar-refractivity contribution in [3.05, 3.63) is 29.3 Å². The van der Waals surface area contributed by atoms with E-state index in [0.717, 1.165) is 12.1 Å². The van der Waals surface area contributed by atoms with Gasteiger partial charge in [0.05, 0.1) is 11.8 Å². The minimum atomic E-state index is -0.850. The second-order valence-electron chi connectivity index (χ2n) is 5.10. The van der Waals surface area contributed by atoms with Crippen LogP contribution in [0.5, 0.6) is 0 Å². The first-order chi connectivity index (χ1) is 8.59. The lowest BCUT2D eigenvalue weighted by molar-refractivity contribution is -0.140. The smallest absolute Gasteiger partial charge is 0.307 e. The van der Waals surface area contributed by atoms with Gasteiger partial charge in [-0.05, 0) is 37.0 Å². The maximum Gasteiger partial charge on any atom is 0.307 e. The number of carboxylic acids is 1. The molecule has 1 aromatic rings. The standard InChI is InChI=1S/C14H15NO3/c1-8-3-2-4-12-9(8)5-6-15(12)13(16)10-7-11(10)14(17)18/h2-4,10-11H,5-7H2,1H3,(H,17,18)/t10-,11+/m0/s1. The van der Waals surface area contributed by atoms with Crippen LogP contribution in [0.3, 0.4) is 0 Å². The quantitative estimate of drug-likeness (QED) is 0.861.